The van der Waals surface area contributed by atoms with Crippen molar-refractivity contribution < 1.29 is 22.6 Å². The summed E-state index contributed by atoms with van der Waals surface area (Å²) in [6, 6.07) is 8.21. The molecule has 1 aliphatic heterocycles. The Bertz CT molecular complexity index is 1460. The number of alkyl halides is 3. The number of nitrogens with one attached hydrogen (secondary N) is 1. The summed E-state index contributed by atoms with van der Waals surface area (Å²) in [5.41, 5.74) is 1.89. The molecule has 1 unspecified atom stereocenters. The summed E-state index contributed by atoms with van der Waals surface area (Å²) in [5.74, 6) is 1.72. The number of rotatable bonds is 5. The number of halogens is 4. The topological polar surface area (TPSA) is 77.3 Å². The molecule has 0 fully saturated rings. The van der Waals surface area contributed by atoms with Gasteiger partial charge < -0.3 is 24.3 Å². The van der Waals surface area contributed by atoms with Gasteiger partial charge in [-0.05, 0) is 42.8 Å². The van der Waals surface area contributed by atoms with Crippen molar-refractivity contribution >= 4 is 29.1 Å². The molecule has 3 heterocycles. The summed E-state index contributed by atoms with van der Waals surface area (Å²) >= 11 is 6.29. The highest BCUT2D eigenvalue weighted by Gasteiger charge is 2.34. The quantitative estimate of drug-likeness (QED) is 0.341. The highest BCUT2D eigenvalue weighted by atomic mass is 35.5. The summed E-state index contributed by atoms with van der Waals surface area (Å²) < 4.78 is 53.1. The number of fused-ring (bicyclic) bond motifs is 1. The van der Waals surface area contributed by atoms with Crippen molar-refractivity contribution in [3.05, 3.63) is 77.0 Å². The summed E-state index contributed by atoms with van der Waals surface area (Å²) in [6.07, 6.45) is 0.624. The van der Waals surface area contributed by atoms with Gasteiger partial charge in [-0.25, -0.2) is 9.97 Å². The van der Waals surface area contributed by atoms with Gasteiger partial charge in [-0.2, -0.15) is 18.2 Å². The van der Waals surface area contributed by atoms with E-state index in [1.165, 1.54) is 12.3 Å². The molecule has 1 aliphatic rings. The summed E-state index contributed by atoms with van der Waals surface area (Å²) in [5, 5.41) is 3.36. The molecule has 0 aliphatic carbocycles. The van der Waals surface area contributed by atoms with Crippen molar-refractivity contribution in [3.8, 4) is 17.2 Å². The monoisotopic (exact) mass is 530 g/mol. The van der Waals surface area contributed by atoms with Crippen LogP contribution in [0.3, 0.4) is 0 Å². The maximum absolute atomic E-state index is 13.3. The molecule has 1 atom stereocenters. The normalized spacial score (nSPS) is 15.2. The molecule has 2 aromatic carbocycles. The molecular weight excluding hydrogens is 509 g/mol. The summed E-state index contributed by atoms with van der Waals surface area (Å²) in [6.45, 7) is 1.99. The SMILES string of the molecule is COc1cc(Nc2ncc3c(n2)N(C)C(c2cc(C(F)(F)F)ccc2Cl)CO3)ccc1-n1cnc(C)c1. The van der Waals surface area contributed by atoms with Crippen LogP contribution in [0, 0.1) is 6.92 Å². The second-order valence-electron chi connectivity index (χ2n) is 8.49. The molecule has 0 radical (unpaired) electrons. The number of ether oxygens (including phenoxy) is 2. The highest BCUT2D eigenvalue weighted by Crippen LogP contribution is 2.41. The number of benzene rings is 2. The minimum atomic E-state index is -4.49. The first kappa shape index (κ1) is 24.7. The molecule has 0 spiro atoms. The fourth-order valence-corrected chi connectivity index (χ4v) is 4.37. The van der Waals surface area contributed by atoms with Crippen LogP contribution in [0.2, 0.25) is 5.02 Å². The zero-order chi connectivity index (χ0) is 26.3. The Balaban J connectivity index is 1.42. The standard InChI is InChI=1S/C25H22ClF3N6O2/c1-14-11-35(13-31-14)19-7-5-16(9-21(19)36-3)32-24-30-10-22-23(33-24)34(2)20(12-37-22)17-8-15(25(27,28)29)4-6-18(17)26/h4-11,13,20H,12H2,1-3H3,(H,30,32,33). The minimum Gasteiger partial charge on any atom is -0.494 e. The predicted molar refractivity (Wildman–Crippen MR) is 133 cm³/mol. The third-order valence-corrected chi connectivity index (χ3v) is 6.39. The lowest BCUT2D eigenvalue weighted by molar-refractivity contribution is -0.137. The van der Waals surface area contributed by atoms with Gasteiger partial charge in [-0.3, -0.25) is 0 Å². The van der Waals surface area contributed by atoms with Crippen LogP contribution >= 0.6 is 11.6 Å². The van der Waals surface area contributed by atoms with Gasteiger partial charge in [0.15, 0.2) is 11.6 Å². The van der Waals surface area contributed by atoms with E-state index in [1.807, 2.05) is 29.8 Å². The van der Waals surface area contributed by atoms with Crippen LogP contribution in [0.1, 0.15) is 22.9 Å². The van der Waals surface area contributed by atoms with E-state index in [0.29, 0.717) is 28.6 Å². The number of likely N-dealkylation sites (N-methyl/N-ethyl adjacent to an activating group) is 1. The molecule has 0 saturated heterocycles. The average molecular weight is 531 g/mol. The van der Waals surface area contributed by atoms with Gasteiger partial charge in [0, 0.05) is 30.0 Å². The van der Waals surface area contributed by atoms with Gasteiger partial charge in [0.1, 0.15) is 12.4 Å². The Labute approximate surface area is 215 Å². The van der Waals surface area contributed by atoms with Crippen molar-refractivity contribution in [1.29, 1.82) is 0 Å². The third-order valence-electron chi connectivity index (χ3n) is 6.04. The fraction of sp³-hybridized carbons (Fsp3) is 0.240. The van der Waals surface area contributed by atoms with Crippen molar-refractivity contribution in [1.82, 2.24) is 19.5 Å². The van der Waals surface area contributed by atoms with E-state index in [-0.39, 0.29) is 17.6 Å². The Kier molecular flexibility index (Phi) is 6.32. The number of hydrogen-bond acceptors (Lipinski definition) is 7. The maximum Gasteiger partial charge on any atom is 0.416 e. The maximum atomic E-state index is 13.3. The number of aromatic nitrogens is 4. The van der Waals surface area contributed by atoms with Crippen LogP contribution < -0.4 is 19.7 Å². The Hall–Kier alpha value is -3.99. The molecule has 192 valence electrons. The Morgan fingerprint density at radius 2 is 1.97 bits per heavy atom. The molecule has 12 heteroatoms. The number of methoxy groups -OCH3 is 1. The number of imidazole rings is 1. The van der Waals surface area contributed by atoms with Crippen LogP contribution in [-0.2, 0) is 6.18 Å². The van der Waals surface area contributed by atoms with Gasteiger partial charge in [0.25, 0.3) is 0 Å². The zero-order valence-electron chi connectivity index (χ0n) is 20.0. The van der Waals surface area contributed by atoms with Crippen molar-refractivity contribution in [2.24, 2.45) is 0 Å². The van der Waals surface area contributed by atoms with E-state index in [0.717, 1.165) is 23.5 Å². The van der Waals surface area contributed by atoms with Gasteiger partial charge >= 0.3 is 6.18 Å². The van der Waals surface area contributed by atoms with Crippen molar-refractivity contribution in [2.75, 3.05) is 31.0 Å². The first-order chi connectivity index (χ1) is 17.6. The van der Waals surface area contributed by atoms with Crippen LogP contribution in [0.25, 0.3) is 5.69 Å². The van der Waals surface area contributed by atoms with Crippen LogP contribution in [0.5, 0.6) is 11.5 Å². The predicted octanol–water partition coefficient (Wildman–Crippen LogP) is 5.97. The smallest absolute Gasteiger partial charge is 0.416 e. The summed E-state index contributed by atoms with van der Waals surface area (Å²) in [4.78, 5) is 14.9. The van der Waals surface area contributed by atoms with Crippen LogP contribution in [0.15, 0.2) is 55.1 Å². The molecule has 1 N–H and O–H groups in total. The van der Waals surface area contributed by atoms with Gasteiger partial charge in [0.05, 0.1) is 42.6 Å². The minimum absolute atomic E-state index is 0.0903. The first-order valence-corrected chi connectivity index (χ1v) is 11.6. The van der Waals surface area contributed by atoms with Crippen molar-refractivity contribution in [3.63, 3.8) is 0 Å². The van der Waals surface area contributed by atoms with E-state index >= 15 is 0 Å². The van der Waals surface area contributed by atoms with E-state index in [2.05, 4.69) is 20.3 Å². The number of anilines is 3. The molecule has 8 nitrogen and oxygen atoms in total. The van der Waals surface area contributed by atoms with Gasteiger partial charge in [-0.15, -0.1) is 0 Å². The first-order valence-electron chi connectivity index (χ1n) is 11.2. The largest absolute Gasteiger partial charge is 0.494 e. The van der Waals surface area contributed by atoms with E-state index in [1.54, 1.807) is 31.5 Å². The lowest BCUT2D eigenvalue weighted by Gasteiger charge is -2.35. The molecule has 4 aromatic rings. The Morgan fingerprint density at radius 3 is 2.68 bits per heavy atom. The second kappa shape index (κ2) is 9.47. The number of nitrogens with zero attached hydrogens (tertiary/aromatic N) is 5. The van der Waals surface area contributed by atoms with E-state index in [4.69, 9.17) is 21.1 Å². The molecule has 37 heavy (non-hydrogen) atoms. The third kappa shape index (κ3) is 4.86. The summed E-state index contributed by atoms with van der Waals surface area (Å²) in [7, 11) is 3.30. The Morgan fingerprint density at radius 1 is 1.16 bits per heavy atom. The van der Waals surface area contributed by atoms with E-state index in [9.17, 15) is 13.2 Å². The molecule has 5 rings (SSSR count). The van der Waals surface area contributed by atoms with Crippen LogP contribution in [-0.4, -0.2) is 40.3 Å². The van der Waals surface area contributed by atoms with Crippen LogP contribution in [0.4, 0.5) is 30.6 Å². The second-order valence-corrected chi connectivity index (χ2v) is 8.89. The number of aryl methyl sites for hydroxylation is 1. The molecule has 0 saturated carbocycles. The van der Waals surface area contributed by atoms with Gasteiger partial charge in [-0.1, -0.05) is 11.6 Å². The van der Waals surface area contributed by atoms with E-state index < -0.39 is 17.8 Å². The highest BCUT2D eigenvalue weighted by molar-refractivity contribution is 6.31. The fourth-order valence-electron chi connectivity index (χ4n) is 4.13. The molecular formula is C25H22ClF3N6O2. The average Bonchev–Trinajstić information content (AvgIpc) is 3.30. The lowest BCUT2D eigenvalue weighted by atomic mass is 10.0. The molecule has 2 aromatic heterocycles. The number of hydrogen-bond donors (Lipinski definition) is 1. The van der Waals surface area contributed by atoms with Gasteiger partial charge in [0.2, 0.25) is 5.95 Å². The van der Waals surface area contributed by atoms with Crippen molar-refractivity contribution in [2.45, 2.75) is 19.1 Å². The lowest BCUT2D eigenvalue weighted by Crippen LogP contribution is -2.34. The molecule has 0 amide bonds. The molecule has 0 bridgehead atoms. The zero-order valence-corrected chi connectivity index (χ0v) is 20.8.